The van der Waals surface area contributed by atoms with Gasteiger partial charge in [0.25, 0.3) is 0 Å². The minimum absolute atomic E-state index is 0.134. The van der Waals surface area contributed by atoms with Crippen LogP contribution < -0.4 is 4.90 Å². The third-order valence-electron chi connectivity index (χ3n) is 3.10. The summed E-state index contributed by atoms with van der Waals surface area (Å²) in [5.74, 6) is 0.527. The maximum atomic E-state index is 12.0. The van der Waals surface area contributed by atoms with E-state index >= 15 is 0 Å². The maximum Gasteiger partial charge on any atom is 0.228 e. The zero-order valence-corrected chi connectivity index (χ0v) is 10.2. The fourth-order valence-corrected chi connectivity index (χ4v) is 2.43. The molecule has 0 unspecified atom stereocenters. The van der Waals surface area contributed by atoms with Gasteiger partial charge in [-0.15, -0.1) is 11.6 Å². The Balaban J connectivity index is 2.33. The third-order valence-corrected chi connectivity index (χ3v) is 3.29. The Morgan fingerprint density at radius 1 is 1.50 bits per heavy atom. The summed E-state index contributed by atoms with van der Waals surface area (Å²) in [4.78, 5) is 13.9. The monoisotopic (exact) mass is 237 g/mol. The van der Waals surface area contributed by atoms with Crippen LogP contribution >= 0.6 is 11.6 Å². The summed E-state index contributed by atoms with van der Waals surface area (Å²) in [6, 6.07) is 8.42. The van der Waals surface area contributed by atoms with Crippen molar-refractivity contribution in [3.05, 3.63) is 29.8 Å². The number of fused-ring (bicyclic) bond motifs is 1. The smallest absolute Gasteiger partial charge is 0.228 e. The van der Waals surface area contributed by atoms with Crippen molar-refractivity contribution in [2.45, 2.75) is 32.2 Å². The lowest BCUT2D eigenvalue weighted by Crippen LogP contribution is -2.42. The standard InChI is InChI=1S/C13H16ClNO/c1-10-6-7-11-4-2-3-5-12(11)15(10)13(16)8-9-14/h2-5,10H,6-9H2,1H3/t10-/m1/s1. The number of carbonyl (C=O) groups excluding carboxylic acids is 1. The normalized spacial score (nSPS) is 19.4. The van der Waals surface area contributed by atoms with Crippen molar-refractivity contribution >= 4 is 23.2 Å². The highest BCUT2D eigenvalue weighted by molar-refractivity contribution is 6.19. The number of halogens is 1. The lowest BCUT2D eigenvalue weighted by Gasteiger charge is -2.35. The fourth-order valence-electron chi connectivity index (χ4n) is 2.27. The summed E-state index contributed by atoms with van der Waals surface area (Å²) in [6.07, 6.45) is 2.51. The van der Waals surface area contributed by atoms with E-state index in [0.29, 0.717) is 12.3 Å². The van der Waals surface area contributed by atoms with E-state index in [1.54, 1.807) is 0 Å². The number of rotatable bonds is 2. The minimum Gasteiger partial charge on any atom is -0.309 e. The first-order valence-corrected chi connectivity index (χ1v) is 6.23. The molecule has 1 atom stereocenters. The van der Waals surface area contributed by atoms with Gasteiger partial charge in [0.1, 0.15) is 0 Å². The molecular formula is C13H16ClNO. The van der Waals surface area contributed by atoms with Gasteiger partial charge in [-0.05, 0) is 31.4 Å². The van der Waals surface area contributed by atoms with E-state index in [4.69, 9.17) is 11.6 Å². The van der Waals surface area contributed by atoms with Gasteiger partial charge in [-0.1, -0.05) is 18.2 Å². The van der Waals surface area contributed by atoms with Crippen molar-refractivity contribution in [2.75, 3.05) is 10.8 Å². The van der Waals surface area contributed by atoms with Crippen molar-refractivity contribution < 1.29 is 4.79 Å². The average Bonchev–Trinajstić information content (AvgIpc) is 2.29. The molecule has 2 rings (SSSR count). The first-order chi connectivity index (χ1) is 7.74. The molecule has 1 aliphatic rings. The summed E-state index contributed by atoms with van der Waals surface area (Å²) >= 11 is 5.64. The van der Waals surface area contributed by atoms with E-state index in [2.05, 4.69) is 13.0 Å². The molecule has 0 saturated heterocycles. The summed E-state index contributed by atoms with van der Waals surface area (Å²) in [5.41, 5.74) is 2.33. The molecule has 0 spiro atoms. The molecule has 86 valence electrons. The number of amides is 1. The Hall–Kier alpha value is -1.02. The van der Waals surface area contributed by atoms with Gasteiger partial charge in [0.2, 0.25) is 5.91 Å². The van der Waals surface area contributed by atoms with Crippen LogP contribution in [0.1, 0.15) is 25.3 Å². The van der Waals surface area contributed by atoms with Crippen molar-refractivity contribution in [1.82, 2.24) is 0 Å². The van der Waals surface area contributed by atoms with Crippen molar-refractivity contribution in [3.8, 4) is 0 Å². The summed E-state index contributed by atoms with van der Waals surface area (Å²) in [7, 11) is 0. The molecule has 0 fully saturated rings. The van der Waals surface area contributed by atoms with Crippen molar-refractivity contribution in [3.63, 3.8) is 0 Å². The predicted octanol–water partition coefficient (Wildman–Crippen LogP) is 2.98. The van der Waals surface area contributed by atoms with E-state index in [0.717, 1.165) is 18.5 Å². The van der Waals surface area contributed by atoms with Crippen LogP contribution in [-0.4, -0.2) is 17.8 Å². The second-order valence-electron chi connectivity index (χ2n) is 4.22. The lowest BCUT2D eigenvalue weighted by atomic mass is 9.96. The quantitative estimate of drug-likeness (QED) is 0.725. The van der Waals surface area contributed by atoms with Crippen LogP contribution in [0.15, 0.2) is 24.3 Å². The Morgan fingerprint density at radius 3 is 3.00 bits per heavy atom. The van der Waals surface area contributed by atoms with Gasteiger partial charge in [0.15, 0.2) is 0 Å². The van der Waals surface area contributed by atoms with E-state index in [9.17, 15) is 4.79 Å². The van der Waals surface area contributed by atoms with Gasteiger partial charge in [0.05, 0.1) is 0 Å². The van der Waals surface area contributed by atoms with Crippen molar-refractivity contribution in [2.24, 2.45) is 0 Å². The van der Waals surface area contributed by atoms with Gasteiger partial charge >= 0.3 is 0 Å². The number of aryl methyl sites for hydroxylation is 1. The molecule has 3 heteroatoms. The van der Waals surface area contributed by atoms with Crippen LogP contribution in [0, 0.1) is 0 Å². The van der Waals surface area contributed by atoms with E-state index in [1.165, 1.54) is 5.56 Å². The largest absolute Gasteiger partial charge is 0.309 e. The van der Waals surface area contributed by atoms with Crippen LogP contribution in [0.2, 0.25) is 0 Å². The molecule has 0 radical (unpaired) electrons. The summed E-state index contributed by atoms with van der Waals surface area (Å²) < 4.78 is 0. The predicted molar refractivity (Wildman–Crippen MR) is 67.0 cm³/mol. The van der Waals surface area contributed by atoms with E-state index in [-0.39, 0.29) is 11.9 Å². The van der Waals surface area contributed by atoms with Gasteiger partial charge in [-0.25, -0.2) is 0 Å². The molecule has 0 N–H and O–H groups in total. The number of alkyl halides is 1. The number of benzene rings is 1. The Morgan fingerprint density at radius 2 is 2.25 bits per heavy atom. The number of hydrogen-bond acceptors (Lipinski definition) is 1. The zero-order valence-electron chi connectivity index (χ0n) is 9.45. The van der Waals surface area contributed by atoms with E-state index in [1.807, 2.05) is 23.1 Å². The first kappa shape index (κ1) is 11.5. The molecule has 2 nitrogen and oxygen atoms in total. The third kappa shape index (κ3) is 2.07. The zero-order chi connectivity index (χ0) is 11.5. The van der Waals surface area contributed by atoms with Crippen LogP contribution in [-0.2, 0) is 11.2 Å². The van der Waals surface area contributed by atoms with Gasteiger partial charge in [-0.3, -0.25) is 4.79 Å². The average molecular weight is 238 g/mol. The number of hydrogen-bond donors (Lipinski definition) is 0. The molecule has 0 bridgehead atoms. The molecule has 0 aromatic heterocycles. The van der Waals surface area contributed by atoms with Gasteiger partial charge in [0, 0.05) is 24.0 Å². The second kappa shape index (κ2) is 4.88. The number of carbonyl (C=O) groups is 1. The SMILES string of the molecule is C[C@@H]1CCc2ccccc2N1C(=O)CCCl. The summed E-state index contributed by atoms with van der Waals surface area (Å²) in [6.45, 7) is 2.10. The molecule has 0 aliphatic carbocycles. The molecule has 0 saturated carbocycles. The summed E-state index contributed by atoms with van der Waals surface area (Å²) in [5, 5.41) is 0. The molecule has 1 amide bonds. The Labute approximate surface area is 101 Å². The second-order valence-corrected chi connectivity index (χ2v) is 4.60. The van der Waals surface area contributed by atoms with Crippen molar-refractivity contribution in [1.29, 1.82) is 0 Å². The van der Waals surface area contributed by atoms with Gasteiger partial charge < -0.3 is 4.90 Å². The van der Waals surface area contributed by atoms with Crippen LogP contribution in [0.5, 0.6) is 0 Å². The topological polar surface area (TPSA) is 20.3 Å². The minimum atomic E-state index is 0.134. The Kier molecular flexibility index (Phi) is 3.49. The van der Waals surface area contributed by atoms with Gasteiger partial charge in [-0.2, -0.15) is 0 Å². The highest BCUT2D eigenvalue weighted by atomic mass is 35.5. The maximum absolute atomic E-state index is 12.0. The highest BCUT2D eigenvalue weighted by Gasteiger charge is 2.27. The first-order valence-electron chi connectivity index (χ1n) is 5.70. The number of para-hydroxylation sites is 1. The molecular weight excluding hydrogens is 222 g/mol. The van der Waals surface area contributed by atoms with Crippen LogP contribution in [0.25, 0.3) is 0 Å². The van der Waals surface area contributed by atoms with Crippen LogP contribution in [0.4, 0.5) is 5.69 Å². The Bertz CT molecular complexity index is 391. The molecule has 1 aliphatic heterocycles. The number of anilines is 1. The lowest BCUT2D eigenvalue weighted by molar-refractivity contribution is -0.118. The fraction of sp³-hybridized carbons (Fsp3) is 0.462. The van der Waals surface area contributed by atoms with E-state index < -0.39 is 0 Å². The highest BCUT2D eigenvalue weighted by Crippen LogP contribution is 2.30. The molecule has 1 aromatic rings. The molecule has 16 heavy (non-hydrogen) atoms. The van der Waals surface area contributed by atoms with Crippen LogP contribution in [0.3, 0.4) is 0 Å². The molecule has 1 aromatic carbocycles. The number of nitrogens with zero attached hydrogens (tertiary/aromatic N) is 1. The molecule has 1 heterocycles.